The van der Waals surface area contributed by atoms with Gasteiger partial charge in [0.05, 0.1) is 25.9 Å². The van der Waals surface area contributed by atoms with Crippen molar-refractivity contribution in [2.75, 3.05) is 64.0 Å². The largest absolute Gasteiger partial charge is 0.492 e. The van der Waals surface area contributed by atoms with Gasteiger partial charge in [0.15, 0.2) is 0 Å². The number of amides is 1. The molecule has 1 aromatic rings. The Labute approximate surface area is 238 Å². The maximum absolute atomic E-state index is 13.9. The number of sulfonamides is 1. The molecule has 4 heterocycles. The van der Waals surface area contributed by atoms with Crippen molar-refractivity contribution in [3.63, 3.8) is 0 Å². The first-order valence-corrected chi connectivity index (χ1v) is 16.6. The van der Waals surface area contributed by atoms with Crippen LogP contribution in [0.15, 0.2) is 23.1 Å². The van der Waals surface area contributed by atoms with Crippen molar-refractivity contribution in [3.8, 4) is 5.75 Å². The fraction of sp³-hybridized carbons (Fsp3) is 0.759. The van der Waals surface area contributed by atoms with Crippen molar-refractivity contribution in [1.82, 2.24) is 14.5 Å². The lowest BCUT2D eigenvalue weighted by molar-refractivity contribution is -0.127. The van der Waals surface area contributed by atoms with Crippen LogP contribution in [0.2, 0.25) is 0 Å². The zero-order valence-electron chi connectivity index (χ0n) is 23.4. The Morgan fingerprint density at radius 1 is 1.00 bits per heavy atom. The Kier molecular flexibility index (Phi) is 8.29. The van der Waals surface area contributed by atoms with Crippen molar-refractivity contribution >= 4 is 21.6 Å². The SMILES string of the molecule is O=C1NC2(CCOc3cc(N4CCOCC4)ccc3S(=O)(=O)N3C[C@H](O)C[C@@H]13)CCN(CC1CCCCC1)CC2. The van der Waals surface area contributed by atoms with Gasteiger partial charge in [0.2, 0.25) is 15.9 Å². The summed E-state index contributed by atoms with van der Waals surface area (Å²) in [4.78, 5) is 18.5. The molecule has 222 valence electrons. The van der Waals surface area contributed by atoms with Gasteiger partial charge < -0.3 is 29.7 Å². The highest BCUT2D eigenvalue weighted by Crippen LogP contribution is 2.37. The second kappa shape index (κ2) is 11.8. The molecule has 1 spiro atoms. The van der Waals surface area contributed by atoms with E-state index in [1.807, 2.05) is 6.07 Å². The number of aliphatic hydroxyl groups excluding tert-OH is 1. The van der Waals surface area contributed by atoms with Crippen molar-refractivity contribution in [2.24, 2.45) is 5.92 Å². The number of rotatable bonds is 3. The molecular formula is C29H44N4O6S. The fourth-order valence-corrected chi connectivity index (χ4v) is 9.04. The van der Waals surface area contributed by atoms with E-state index in [1.54, 1.807) is 12.1 Å². The summed E-state index contributed by atoms with van der Waals surface area (Å²) in [5, 5.41) is 13.8. The molecule has 1 amide bonds. The van der Waals surface area contributed by atoms with Crippen molar-refractivity contribution in [3.05, 3.63) is 18.2 Å². The van der Waals surface area contributed by atoms with Gasteiger partial charge in [0, 0.05) is 69.4 Å². The number of piperidine rings is 1. The molecule has 10 nitrogen and oxygen atoms in total. The summed E-state index contributed by atoms with van der Waals surface area (Å²) in [5.41, 5.74) is 0.431. The van der Waals surface area contributed by atoms with Gasteiger partial charge in [-0.05, 0) is 43.7 Å². The lowest BCUT2D eigenvalue weighted by atomic mass is 9.83. The second-order valence-electron chi connectivity index (χ2n) is 12.4. The molecule has 5 aliphatic rings. The number of carbonyl (C=O) groups excluding carboxylic acids is 1. The Morgan fingerprint density at radius 2 is 1.75 bits per heavy atom. The molecule has 11 heteroatoms. The molecule has 0 aromatic heterocycles. The predicted octanol–water partition coefficient (Wildman–Crippen LogP) is 1.96. The molecule has 2 N–H and O–H groups in total. The average molecular weight is 577 g/mol. The standard InChI is InChI=1S/C29H44N4O6S/c34-24-19-25-28(35)30-29(8-11-31(12-9-29)20-22-4-2-1-3-5-22)10-15-39-26-18-23(32-13-16-38-17-14-32)6-7-27(26)40(36,37)33(25)21-24/h6-7,18,22,24-25,34H,1-5,8-17,19-21H2,(H,30,35)/t24-,25+/m1/s1. The number of aliphatic hydroxyl groups is 1. The van der Waals surface area contributed by atoms with Crippen LogP contribution in [-0.4, -0.2) is 105 Å². The highest BCUT2D eigenvalue weighted by atomic mass is 32.2. The van der Waals surface area contributed by atoms with Crippen molar-refractivity contribution < 1.29 is 27.8 Å². The third-order valence-electron chi connectivity index (χ3n) is 9.71. The van der Waals surface area contributed by atoms with E-state index in [0.29, 0.717) is 32.0 Å². The van der Waals surface area contributed by atoms with E-state index in [-0.39, 0.29) is 23.8 Å². The fourth-order valence-electron chi connectivity index (χ4n) is 7.29. The zero-order valence-corrected chi connectivity index (χ0v) is 24.2. The Hall–Kier alpha value is -1.92. The van der Waals surface area contributed by atoms with Gasteiger partial charge in [-0.25, -0.2) is 8.42 Å². The first kappa shape index (κ1) is 28.2. The molecule has 0 unspecified atom stereocenters. The molecule has 4 fully saturated rings. The molecule has 6 rings (SSSR count). The van der Waals surface area contributed by atoms with Gasteiger partial charge in [-0.3, -0.25) is 4.79 Å². The lowest BCUT2D eigenvalue weighted by Crippen LogP contribution is -2.59. The average Bonchev–Trinajstić information content (AvgIpc) is 3.37. The van der Waals surface area contributed by atoms with Crippen LogP contribution in [0.4, 0.5) is 5.69 Å². The second-order valence-corrected chi connectivity index (χ2v) is 14.2. The lowest BCUT2D eigenvalue weighted by Gasteiger charge is -2.44. The number of benzene rings is 1. The van der Waals surface area contributed by atoms with E-state index >= 15 is 0 Å². The molecular weight excluding hydrogens is 532 g/mol. The van der Waals surface area contributed by atoms with E-state index < -0.39 is 27.7 Å². The number of nitrogens with zero attached hydrogens (tertiary/aromatic N) is 3. The molecule has 1 saturated carbocycles. The van der Waals surface area contributed by atoms with Crippen LogP contribution in [0.3, 0.4) is 0 Å². The number of morpholine rings is 1. The molecule has 1 aliphatic carbocycles. The van der Waals surface area contributed by atoms with Crippen molar-refractivity contribution in [1.29, 1.82) is 0 Å². The topological polar surface area (TPSA) is 112 Å². The van der Waals surface area contributed by atoms with Gasteiger partial charge in [-0.2, -0.15) is 4.31 Å². The van der Waals surface area contributed by atoms with Gasteiger partial charge >= 0.3 is 0 Å². The molecule has 1 aromatic carbocycles. The first-order valence-electron chi connectivity index (χ1n) is 15.2. The predicted molar refractivity (Wildman–Crippen MR) is 151 cm³/mol. The summed E-state index contributed by atoms with van der Waals surface area (Å²) in [6.07, 6.45) is 8.05. The molecule has 0 radical (unpaired) electrons. The number of nitrogens with one attached hydrogen (secondary N) is 1. The van der Waals surface area contributed by atoms with Crippen LogP contribution in [-0.2, 0) is 19.6 Å². The van der Waals surface area contributed by atoms with Crippen LogP contribution < -0.4 is 15.0 Å². The number of ether oxygens (including phenoxy) is 2. The van der Waals surface area contributed by atoms with Gasteiger partial charge in [0.25, 0.3) is 0 Å². The summed E-state index contributed by atoms with van der Waals surface area (Å²) >= 11 is 0. The van der Waals surface area contributed by atoms with Crippen molar-refractivity contribution in [2.45, 2.75) is 80.4 Å². The van der Waals surface area contributed by atoms with E-state index in [1.165, 1.54) is 36.4 Å². The number of likely N-dealkylation sites (tertiary alicyclic amines) is 1. The van der Waals surface area contributed by atoms with E-state index in [9.17, 15) is 18.3 Å². The maximum atomic E-state index is 13.9. The number of hydrogen-bond acceptors (Lipinski definition) is 8. The van der Waals surface area contributed by atoms with E-state index in [0.717, 1.165) is 57.2 Å². The highest BCUT2D eigenvalue weighted by Gasteiger charge is 2.47. The quantitative estimate of drug-likeness (QED) is 0.562. The molecule has 3 saturated heterocycles. The summed E-state index contributed by atoms with van der Waals surface area (Å²) in [6, 6.07) is 4.26. The zero-order chi connectivity index (χ0) is 27.7. The molecule has 0 bridgehead atoms. The molecule has 4 aliphatic heterocycles. The normalized spacial score (nSPS) is 30.1. The Bertz CT molecular complexity index is 1160. The smallest absolute Gasteiger partial charge is 0.247 e. The summed E-state index contributed by atoms with van der Waals surface area (Å²) < 4.78 is 40.8. The van der Waals surface area contributed by atoms with Gasteiger partial charge in [-0.1, -0.05) is 19.3 Å². The Morgan fingerprint density at radius 3 is 2.50 bits per heavy atom. The third-order valence-corrected chi connectivity index (χ3v) is 11.6. The van der Waals surface area contributed by atoms with Crippen LogP contribution >= 0.6 is 0 Å². The van der Waals surface area contributed by atoms with Crippen LogP contribution in [0.25, 0.3) is 0 Å². The third kappa shape index (κ3) is 5.86. The van der Waals surface area contributed by atoms with Crippen LogP contribution in [0.5, 0.6) is 5.75 Å². The van der Waals surface area contributed by atoms with Crippen LogP contribution in [0, 0.1) is 5.92 Å². The molecule has 2 atom stereocenters. The minimum absolute atomic E-state index is 0.0506. The molecule has 40 heavy (non-hydrogen) atoms. The summed E-state index contributed by atoms with van der Waals surface area (Å²) in [6.45, 7) is 5.84. The first-order chi connectivity index (χ1) is 19.3. The van der Waals surface area contributed by atoms with Gasteiger partial charge in [0.1, 0.15) is 16.7 Å². The number of hydrogen-bond donors (Lipinski definition) is 2. The maximum Gasteiger partial charge on any atom is 0.247 e. The Balaban J connectivity index is 1.26. The number of carbonyl (C=O) groups is 1. The van der Waals surface area contributed by atoms with Gasteiger partial charge in [-0.15, -0.1) is 0 Å². The highest BCUT2D eigenvalue weighted by molar-refractivity contribution is 7.89. The number of fused-ring (bicyclic) bond motifs is 2. The minimum Gasteiger partial charge on any atom is -0.492 e. The monoisotopic (exact) mass is 576 g/mol. The van der Waals surface area contributed by atoms with Crippen LogP contribution in [0.1, 0.15) is 57.8 Å². The summed E-state index contributed by atoms with van der Waals surface area (Å²) in [7, 11) is -4.08. The van der Waals surface area contributed by atoms with E-state index in [2.05, 4.69) is 15.1 Å². The minimum atomic E-state index is -4.08. The summed E-state index contributed by atoms with van der Waals surface area (Å²) in [5.74, 6) is 0.766. The van der Waals surface area contributed by atoms with E-state index in [4.69, 9.17) is 9.47 Å². The number of anilines is 1.